The van der Waals surface area contributed by atoms with E-state index in [0.29, 0.717) is 29.1 Å². The largest absolute Gasteiger partial charge is 0.453 e. The summed E-state index contributed by atoms with van der Waals surface area (Å²) in [6, 6.07) is 3.21. The second kappa shape index (κ2) is 6.74. The Bertz CT molecular complexity index is 737. The van der Waals surface area contributed by atoms with Crippen molar-refractivity contribution in [3.8, 4) is 0 Å². The van der Waals surface area contributed by atoms with Gasteiger partial charge >= 0.3 is 5.97 Å². The number of amides is 1. The van der Waals surface area contributed by atoms with Crippen molar-refractivity contribution in [1.29, 1.82) is 0 Å². The van der Waals surface area contributed by atoms with E-state index in [4.69, 9.17) is 16.3 Å². The molecule has 146 valence electrons. The Morgan fingerprint density at radius 3 is 2.63 bits per heavy atom. The number of aromatic nitrogens is 1. The van der Waals surface area contributed by atoms with Gasteiger partial charge < -0.3 is 15.2 Å². The van der Waals surface area contributed by atoms with E-state index in [1.165, 1.54) is 12.6 Å². The SMILES string of the molecule is C[C@@H](OC(=O)CC12C[C@@H]3C[C@@H](CC(O)(C3)C1)C2)C(=O)Nc1ccc(Cl)cn1. The van der Waals surface area contributed by atoms with E-state index in [1.807, 2.05) is 0 Å². The smallest absolute Gasteiger partial charge is 0.307 e. The van der Waals surface area contributed by atoms with E-state index in [1.54, 1.807) is 19.1 Å². The Hall–Kier alpha value is -1.66. The number of carbonyl (C=O) groups excluding carboxylic acids is 2. The summed E-state index contributed by atoms with van der Waals surface area (Å²) in [5, 5.41) is 13.9. The molecule has 5 atom stereocenters. The molecule has 1 amide bonds. The van der Waals surface area contributed by atoms with E-state index in [9.17, 15) is 14.7 Å². The molecule has 1 heterocycles. The van der Waals surface area contributed by atoms with Crippen molar-refractivity contribution >= 4 is 29.3 Å². The lowest BCUT2D eigenvalue weighted by Crippen LogP contribution is -2.56. The van der Waals surface area contributed by atoms with E-state index in [-0.39, 0.29) is 17.8 Å². The van der Waals surface area contributed by atoms with Gasteiger partial charge in [0.25, 0.3) is 5.91 Å². The molecule has 27 heavy (non-hydrogen) atoms. The maximum atomic E-state index is 12.5. The lowest BCUT2D eigenvalue weighted by molar-refractivity contribution is -0.179. The van der Waals surface area contributed by atoms with E-state index < -0.39 is 17.6 Å². The number of nitrogens with zero attached hydrogens (tertiary/aromatic N) is 1. The third-order valence-electron chi connectivity index (χ3n) is 6.33. The molecule has 2 N–H and O–H groups in total. The Morgan fingerprint density at radius 2 is 2.04 bits per heavy atom. The molecule has 7 heteroatoms. The van der Waals surface area contributed by atoms with Gasteiger partial charge in [-0.15, -0.1) is 0 Å². The number of carbonyl (C=O) groups is 2. The summed E-state index contributed by atoms with van der Waals surface area (Å²) in [6.45, 7) is 1.55. The fourth-order valence-electron chi connectivity index (χ4n) is 5.88. The molecule has 4 fully saturated rings. The molecule has 4 bridgehead atoms. The molecule has 6 nitrogen and oxygen atoms in total. The first-order valence-electron chi connectivity index (χ1n) is 9.59. The van der Waals surface area contributed by atoms with E-state index in [2.05, 4.69) is 10.3 Å². The molecule has 4 aliphatic rings. The van der Waals surface area contributed by atoms with Crippen LogP contribution in [0, 0.1) is 17.3 Å². The van der Waals surface area contributed by atoms with Crippen LogP contribution in [0.5, 0.6) is 0 Å². The van der Waals surface area contributed by atoms with Gasteiger partial charge in [0, 0.05) is 6.20 Å². The molecule has 0 spiro atoms. The molecule has 1 aromatic heterocycles. The van der Waals surface area contributed by atoms with Gasteiger partial charge in [-0.1, -0.05) is 11.6 Å². The summed E-state index contributed by atoms with van der Waals surface area (Å²) < 4.78 is 5.39. The highest BCUT2D eigenvalue weighted by Crippen LogP contribution is 2.62. The van der Waals surface area contributed by atoms with Crippen molar-refractivity contribution in [2.45, 2.75) is 63.6 Å². The Morgan fingerprint density at radius 1 is 1.33 bits per heavy atom. The van der Waals surface area contributed by atoms with Crippen LogP contribution in [-0.4, -0.2) is 33.7 Å². The van der Waals surface area contributed by atoms with Gasteiger partial charge in [0.05, 0.1) is 17.0 Å². The fourth-order valence-corrected chi connectivity index (χ4v) is 6.00. The highest BCUT2D eigenvalue weighted by Gasteiger charge is 2.57. The number of hydrogen-bond donors (Lipinski definition) is 2. The monoisotopic (exact) mass is 392 g/mol. The van der Waals surface area contributed by atoms with Crippen LogP contribution in [0.3, 0.4) is 0 Å². The molecule has 1 aromatic rings. The van der Waals surface area contributed by atoms with Crippen molar-refractivity contribution in [2.75, 3.05) is 5.32 Å². The van der Waals surface area contributed by atoms with Gasteiger partial charge in [0.15, 0.2) is 6.10 Å². The zero-order chi connectivity index (χ0) is 19.2. The highest BCUT2D eigenvalue weighted by molar-refractivity contribution is 6.30. The molecule has 0 radical (unpaired) electrons. The molecule has 4 saturated carbocycles. The zero-order valence-electron chi connectivity index (χ0n) is 15.4. The third kappa shape index (κ3) is 3.97. The maximum absolute atomic E-state index is 12.5. The summed E-state index contributed by atoms with van der Waals surface area (Å²) in [5.74, 6) is 0.590. The van der Waals surface area contributed by atoms with Gasteiger partial charge in [-0.25, -0.2) is 4.98 Å². The van der Waals surface area contributed by atoms with Gasteiger partial charge in [-0.05, 0) is 74.8 Å². The van der Waals surface area contributed by atoms with Crippen molar-refractivity contribution in [3.05, 3.63) is 23.4 Å². The number of anilines is 1. The van der Waals surface area contributed by atoms with E-state index >= 15 is 0 Å². The number of nitrogens with one attached hydrogen (secondary N) is 1. The van der Waals surface area contributed by atoms with Crippen LogP contribution in [0.2, 0.25) is 5.02 Å². The quantitative estimate of drug-likeness (QED) is 0.750. The summed E-state index contributed by atoms with van der Waals surface area (Å²) in [7, 11) is 0. The first kappa shape index (κ1) is 18.7. The molecule has 0 saturated heterocycles. The number of aliphatic hydroxyl groups is 1. The summed E-state index contributed by atoms with van der Waals surface area (Å²) in [4.78, 5) is 28.8. The maximum Gasteiger partial charge on any atom is 0.307 e. The van der Waals surface area contributed by atoms with Crippen molar-refractivity contribution in [1.82, 2.24) is 4.98 Å². The van der Waals surface area contributed by atoms with Crippen LogP contribution in [0.1, 0.15) is 51.9 Å². The summed E-state index contributed by atoms with van der Waals surface area (Å²) >= 11 is 5.77. The van der Waals surface area contributed by atoms with Crippen molar-refractivity contribution in [3.63, 3.8) is 0 Å². The molecule has 5 rings (SSSR count). The lowest BCUT2D eigenvalue weighted by Gasteiger charge is -2.60. The summed E-state index contributed by atoms with van der Waals surface area (Å²) in [6.07, 6.45) is 6.35. The Labute approximate surface area is 163 Å². The van der Waals surface area contributed by atoms with Gasteiger partial charge in [0.2, 0.25) is 0 Å². The number of halogens is 1. The highest BCUT2D eigenvalue weighted by atomic mass is 35.5. The molecule has 4 aliphatic carbocycles. The minimum atomic E-state index is -0.910. The Balaban J connectivity index is 1.34. The molecule has 0 aliphatic heterocycles. The average Bonchev–Trinajstić information content (AvgIpc) is 2.53. The standard InChI is InChI=1S/C20H25ClN2O4/c1-12(18(25)23-16-3-2-15(21)10-22-16)27-17(24)9-19-5-13-4-14(6-19)8-20(26,7-13)11-19/h2-3,10,12-14,26H,4-9,11H2,1H3,(H,22,23,25)/t12-,13-,14+,19?,20?/m1/s1. The molecule has 2 unspecified atom stereocenters. The van der Waals surface area contributed by atoms with Gasteiger partial charge in [-0.2, -0.15) is 0 Å². The Kier molecular flexibility index (Phi) is 4.67. The number of hydrogen-bond acceptors (Lipinski definition) is 5. The van der Waals surface area contributed by atoms with Crippen LogP contribution < -0.4 is 5.32 Å². The predicted molar refractivity (Wildman–Crippen MR) is 100 cm³/mol. The van der Waals surface area contributed by atoms with Gasteiger partial charge in [0.1, 0.15) is 5.82 Å². The molecular weight excluding hydrogens is 368 g/mol. The van der Waals surface area contributed by atoms with Crippen LogP contribution in [0.25, 0.3) is 0 Å². The van der Waals surface area contributed by atoms with Crippen LogP contribution in [0.15, 0.2) is 18.3 Å². The van der Waals surface area contributed by atoms with Crippen LogP contribution in [-0.2, 0) is 14.3 Å². The minimum Gasteiger partial charge on any atom is -0.453 e. The molecule has 0 aromatic carbocycles. The predicted octanol–water partition coefficient (Wildman–Crippen LogP) is 3.33. The number of rotatable bonds is 5. The number of esters is 1. The lowest BCUT2D eigenvalue weighted by atomic mass is 9.47. The normalized spacial score (nSPS) is 34.9. The second-order valence-electron chi connectivity index (χ2n) is 8.85. The number of ether oxygens (including phenoxy) is 1. The minimum absolute atomic E-state index is 0.163. The van der Waals surface area contributed by atoms with E-state index in [0.717, 1.165) is 25.7 Å². The first-order chi connectivity index (χ1) is 12.7. The number of pyridine rings is 1. The topological polar surface area (TPSA) is 88.5 Å². The zero-order valence-corrected chi connectivity index (χ0v) is 16.2. The first-order valence-corrected chi connectivity index (χ1v) is 9.96. The van der Waals surface area contributed by atoms with Crippen LogP contribution in [0.4, 0.5) is 5.82 Å². The van der Waals surface area contributed by atoms with Crippen molar-refractivity contribution in [2.24, 2.45) is 17.3 Å². The third-order valence-corrected chi connectivity index (χ3v) is 6.55. The van der Waals surface area contributed by atoms with Gasteiger partial charge in [-0.3, -0.25) is 9.59 Å². The fraction of sp³-hybridized carbons (Fsp3) is 0.650. The van der Waals surface area contributed by atoms with Crippen LogP contribution >= 0.6 is 11.6 Å². The summed E-state index contributed by atoms with van der Waals surface area (Å²) in [5.41, 5.74) is -0.766. The molecular formula is C20H25ClN2O4. The average molecular weight is 393 g/mol. The van der Waals surface area contributed by atoms with Crippen molar-refractivity contribution < 1.29 is 19.4 Å². The second-order valence-corrected chi connectivity index (χ2v) is 9.28.